The van der Waals surface area contributed by atoms with Gasteiger partial charge in [-0.3, -0.25) is 0 Å². The minimum atomic E-state index is 1.09. The molecule has 0 saturated heterocycles. The van der Waals surface area contributed by atoms with E-state index in [1.807, 2.05) is 6.92 Å². The normalized spacial score (nSPS) is 11.4. The van der Waals surface area contributed by atoms with Crippen LogP contribution in [0.15, 0.2) is 36.0 Å². The van der Waals surface area contributed by atoms with Crippen molar-refractivity contribution in [2.45, 2.75) is 33.6 Å². The molecule has 0 amide bonds. The van der Waals surface area contributed by atoms with E-state index in [2.05, 4.69) is 33.1 Å². The summed E-state index contributed by atoms with van der Waals surface area (Å²) in [6, 6.07) is 0. The molecule has 0 rings (SSSR count). The molecule has 0 N–H and O–H groups in total. The minimum absolute atomic E-state index is 1.09. The van der Waals surface area contributed by atoms with Gasteiger partial charge in [0.05, 0.1) is 0 Å². The van der Waals surface area contributed by atoms with Gasteiger partial charge in [0.25, 0.3) is 0 Å². The molecule has 0 atom stereocenters. The molecular weight excluding hydrogens is 132 g/mol. The van der Waals surface area contributed by atoms with E-state index in [0.717, 1.165) is 18.4 Å². The first-order valence-corrected chi connectivity index (χ1v) is 4.01. The topological polar surface area (TPSA) is 0 Å². The Hall–Kier alpha value is -0.780. The maximum absolute atomic E-state index is 3.86. The van der Waals surface area contributed by atoms with Crippen molar-refractivity contribution < 1.29 is 0 Å². The van der Waals surface area contributed by atoms with Crippen LogP contribution in [0.25, 0.3) is 0 Å². The second-order valence-electron chi connectivity index (χ2n) is 3.16. The highest BCUT2D eigenvalue weighted by Crippen LogP contribution is 2.09. The molecule has 0 heteroatoms. The lowest BCUT2D eigenvalue weighted by molar-refractivity contribution is 0.974. The van der Waals surface area contributed by atoms with E-state index in [-0.39, 0.29) is 0 Å². The molecule has 0 radical (unpaired) electrons. The quantitative estimate of drug-likeness (QED) is 0.421. The van der Waals surface area contributed by atoms with Gasteiger partial charge in [0.1, 0.15) is 0 Å². The number of hydrogen-bond donors (Lipinski definition) is 0. The molecule has 62 valence electrons. The van der Waals surface area contributed by atoms with E-state index in [0.29, 0.717) is 0 Å². The summed E-state index contributed by atoms with van der Waals surface area (Å²) in [4.78, 5) is 0. The molecule has 0 aromatic carbocycles. The summed E-state index contributed by atoms with van der Waals surface area (Å²) >= 11 is 0. The Labute approximate surface area is 70.3 Å². The molecule has 0 aliphatic rings. The van der Waals surface area contributed by atoms with Crippen molar-refractivity contribution in [2.24, 2.45) is 0 Å². The second-order valence-corrected chi connectivity index (χ2v) is 3.16. The summed E-state index contributed by atoms with van der Waals surface area (Å²) in [7, 11) is 0. The van der Waals surface area contributed by atoms with E-state index >= 15 is 0 Å². The Bertz CT molecular complexity index is 182. The van der Waals surface area contributed by atoms with Gasteiger partial charge in [0.2, 0.25) is 0 Å². The van der Waals surface area contributed by atoms with E-state index in [1.54, 1.807) is 0 Å². The number of allylic oxidation sites excluding steroid dienone is 4. The summed E-state index contributed by atoms with van der Waals surface area (Å²) in [6.45, 7) is 13.9. The van der Waals surface area contributed by atoms with Crippen LogP contribution in [0.3, 0.4) is 0 Å². The highest BCUT2D eigenvalue weighted by atomic mass is 13.9. The molecule has 0 aliphatic carbocycles. The molecule has 0 bridgehead atoms. The van der Waals surface area contributed by atoms with Crippen LogP contribution in [-0.2, 0) is 0 Å². The summed E-state index contributed by atoms with van der Waals surface area (Å²) in [5.41, 5.74) is 3.70. The molecule has 0 aromatic heterocycles. The van der Waals surface area contributed by atoms with Crippen molar-refractivity contribution in [2.75, 3.05) is 0 Å². The zero-order chi connectivity index (χ0) is 8.85. The lowest BCUT2D eigenvalue weighted by atomic mass is 10.1. The van der Waals surface area contributed by atoms with Crippen LogP contribution in [0.5, 0.6) is 0 Å². The van der Waals surface area contributed by atoms with Crippen molar-refractivity contribution in [3.8, 4) is 0 Å². The lowest BCUT2D eigenvalue weighted by Gasteiger charge is -1.98. The van der Waals surface area contributed by atoms with Gasteiger partial charge < -0.3 is 0 Å². The Balaban J connectivity index is 3.74. The lowest BCUT2D eigenvalue weighted by Crippen LogP contribution is -1.78. The minimum Gasteiger partial charge on any atom is -0.100 e. The van der Waals surface area contributed by atoms with Gasteiger partial charge in [-0.05, 0) is 33.6 Å². The molecule has 0 heterocycles. The maximum atomic E-state index is 3.86. The van der Waals surface area contributed by atoms with Crippen molar-refractivity contribution >= 4 is 0 Å². The van der Waals surface area contributed by atoms with Gasteiger partial charge >= 0.3 is 0 Å². The van der Waals surface area contributed by atoms with Crippen molar-refractivity contribution in [1.29, 1.82) is 0 Å². The first-order chi connectivity index (χ1) is 5.04. The summed E-state index contributed by atoms with van der Waals surface area (Å²) in [5, 5.41) is 0. The molecule has 0 spiro atoms. The van der Waals surface area contributed by atoms with Gasteiger partial charge in [0, 0.05) is 0 Å². The molecule has 0 aliphatic heterocycles. The van der Waals surface area contributed by atoms with E-state index < -0.39 is 0 Å². The SMILES string of the molecule is C=C(C)CC/C=C(\C)C(=C)C. The average molecular weight is 150 g/mol. The zero-order valence-electron chi connectivity index (χ0n) is 7.91. The number of rotatable bonds is 4. The third-order valence-electron chi connectivity index (χ3n) is 1.69. The monoisotopic (exact) mass is 150 g/mol. The highest BCUT2D eigenvalue weighted by molar-refractivity contribution is 5.23. The molecule has 0 fully saturated rings. The maximum Gasteiger partial charge on any atom is -0.0291 e. The molecule has 0 unspecified atom stereocenters. The summed E-state index contributed by atoms with van der Waals surface area (Å²) < 4.78 is 0. The summed E-state index contributed by atoms with van der Waals surface area (Å²) in [5.74, 6) is 0. The van der Waals surface area contributed by atoms with Crippen LogP contribution in [-0.4, -0.2) is 0 Å². The predicted molar refractivity (Wildman–Crippen MR) is 52.6 cm³/mol. The Morgan fingerprint density at radius 3 is 2.09 bits per heavy atom. The van der Waals surface area contributed by atoms with Crippen LogP contribution >= 0.6 is 0 Å². The first-order valence-electron chi connectivity index (χ1n) is 4.01. The molecule has 0 saturated carbocycles. The zero-order valence-corrected chi connectivity index (χ0v) is 7.91. The number of hydrogen-bond acceptors (Lipinski definition) is 0. The molecule has 0 aromatic rings. The Morgan fingerprint density at radius 1 is 1.18 bits per heavy atom. The Morgan fingerprint density at radius 2 is 1.73 bits per heavy atom. The van der Waals surface area contributed by atoms with Crippen LogP contribution in [0.2, 0.25) is 0 Å². The molecule has 11 heavy (non-hydrogen) atoms. The van der Waals surface area contributed by atoms with Gasteiger partial charge in [-0.1, -0.05) is 29.4 Å². The van der Waals surface area contributed by atoms with Crippen LogP contribution < -0.4 is 0 Å². The highest BCUT2D eigenvalue weighted by Gasteiger charge is 1.88. The van der Waals surface area contributed by atoms with Gasteiger partial charge in [-0.25, -0.2) is 0 Å². The van der Waals surface area contributed by atoms with Crippen molar-refractivity contribution in [1.82, 2.24) is 0 Å². The van der Waals surface area contributed by atoms with Crippen LogP contribution in [0.4, 0.5) is 0 Å². The first kappa shape index (κ1) is 10.2. The Kier molecular flexibility index (Phi) is 4.60. The molecular formula is C11H18. The third-order valence-corrected chi connectivity index (χ3v) is 1.69. The van der Waals surface area contributed by atoms with Gasteiger partial charge in [-0.15, -0.1) is 6.58 Å². The van der Waals surface area contributed by atoms with Gasteiger partial charge in [0.15, 0.2) is 0 Å². The van der Waals surface area contributed by atoms with Crippen LogP contribution in [0, 0.1) is 0 Å². The fourth-order valence-electron chi connectivity index (χ4n) is 0.709. The average Bonchev–Trinajstić information content (AvgIpc) is 1.86. The van der Waals surface area contributed by atoms with Crippen molar-refractivity contribution in [3.63, 3.8) is 0 Å². The van der Waals surface area contributed by atoms with Crippen LogP contribution in [0.1, 0.15) is 33.6 Å². The summed E-state index contributed by atoms with van der Waals surface area (Å²) in [6.07, 6.45) is 4.40. The third kappa shape index (κ3) is 5.65. The van der Waals surface area contributed by atoms with E-state index in [1.165, 1.54) is 11.1 Å². The second kappa shape index (κ2) is 4.95. The van der Waals surface area contributed by atoms with Crippen molar-refractivity contribution in [3.05, 3.63) is 36.0 Å². The van der Waals surface area contributed by atoms with Gasteiger partial charge in [-0.2, -0.15) is 0 Å². The fourth-order valence-corrected chi connectivity index (χ4v) is 0.709. The van der Waals surface area contributed by atoms with E-state index in [9.17, 15) is 0 Å². The molecule has 0 nitrogen and oxygen atoms in total. The standard InChI is InChI=1S/C11H18/c1-9(2)7-6-8-11(5)10(3)4/h8H,1,3,6-7H2,2,4-5H3/b11-8+. The largest absolute Gasteiger partial charge is 0.100 e. The predicted octanol–water partition coefficient (Wildman–Crippen LogP) is 3.87. The fraction of sp³-hybridized carbons (Fsp3) is 0.455. The smallest absolute Gasteiger partial charge is 0.0291 e. The van der Waals surface area contributed by atoms with E-state index in [4.69, 9.17) is 0 Å².